The first kappa shape index (κ1) is 35.1. The maximum absolute atomic E-state index is 12.8. The summed E-state index contributed by atoms with van der Waals surface area (Å²) in [4.78, 5) is 25.5. The van der Waals surface area contributed by atoms with Crippen LogP contribution >= 0.6 is 0 Å². The number of carbonyl (C=O) groups is 2. The summed E-state index contributed by atoms with van der Waals surface area (Å²) in [5.41, 5.74) is 4.31. The molecule has 1 heterocycles. The van der Waals surface area contributed by atoms with E-state index >= 15 is 0 Å². The first-order chi connectivity index (χ1) is 25.1. The van der Waals surface area contributed by atoms with Crippen molar-refractivity contribution in [1.29, 1.82) is 0 Å². The number of allylic oxidation sites excluding steroid dienone is 4. The average molecular weight is 682 g/mol. The van der Waals surface area contributed by atoms with Crippen LogP contribution in [-0.2, 0) is 0 Å². The Hall–Kier alpha value is -5.76. The van der Waals surface area contributed by atoms with Crippen molar-refractivity contribution in [3.63, 3.8) is 0 Å². The molecule has 0 saturated carbocycles. The van der Waals surface area contributed by atoms with Gasteiger partial charge in [-0.15, -0.1) is 5.10 Å². The van der Waals surface area contributed by atoms with E-state index in [0.717, 1.165) is 35.6 Å². The van der Waals surface area contributed by atoms with Crippen LogP contribution in [0.4, 0.5) is 0 Å². The molecule has 0 saturated heterocycles. The number of esters is 2. The number of rotatable bonds is 17. The van der Waals surface area contributed by atoms with Crippen LogP contribution in [0.1, 0.15) is 90.5 Å². The van der Waals surface area contributed by atoms with Crippen LogP contribution in [0.25, 0.3) is 16.9 Å². The predicted octanol–water partition coefficient (Wildman–Crippen LogP) is 10.1. The van der Waals surface area contributed by atoms with Gasteiger partial charge in [-0.3, -0.25) is 0 Å². The minimum absolute atomic E-state index is 0.231. The lowest BCUT2D eigenvalue weighted by molar-refractivity contribution is 0.0719. The van der Waals surface area contributed by atoms with E-state index in [2.05, 4.69) is 29.4 Å². The summed E-state index contributed by atoms with van der Waals surface area (Å²) < 4.78 is 18.7. The van der Waals surface area contributed by atoms with Crippen molar-refractivity contribution in [1.82, 2.24) is 15.0 Å². The van der Waals surface area contributed by atoms with Crippen molar-refractivity contribution in [3.05, 3.63) is 144 Å². The van der Waals surface area contributed by atoms with Gasteiger partial charge in [0.2, 0.25) is 0 Å². The highest BCUT2D eigenvalue weighted by Gasteiger charge is 2.14. The summed E-state index contributed by atoms with van der Waals surface area (Å²) in [5.74, 6) is 0.785. The van der Waals surface area contributed by atoms with Crippen LogP contribution < -0.4 is 14.2 Å². The molecule has 0 atom stereocenters. The molecule has 51 heavy (non-hydrogen) atoms. The lowest BCUT2D eigenvalue weighted by Crippen LogP contribution is -2.09. The van der Waals surface area contributed by atoms with E-state index in [0.29, 0.717) is 28.3 Å². The minimum atomic E-state index is -0.508. The number of carbonyl (C=O) groups excluding carboxylic acids is 2. The molecule has 0 spiro atoms. The zero-order valence-electron chi connectivity index (χ0n) is 28.9. The van der Waals surface area contributed by atoms with E-state index in [1.54, 1.807) is 53.2 Å². The number of hydrogen-bond acceptors (Lipinski definition) is 7. The lowest BCUT2D eigenvalue weighted by Gasteiger charge is -2.09. The molecule has 8 nitrogen and oxygen atoms in total. The summed E-state index contributed by atoms with van der Waals surface area (Å²) in [5, 5.41) is 8.61. The Morgan fingerprint density at radius 2 is 1.16 bits per heavy atom. The second-order valence-electron chi connectivity index (χ2n) is 12.6. The Morgan fingerprint density at radius 3 is 1.75 bits per heavy atom. The highest BCUT2D eigenvalue weighted by molar-refractivity contribution is 5.92. The van der Waals surface area contributed by atoms with Gasteiger partial charge in [-0.2, -0.15) is 0 Å². The molecule has 0 radical (unpaired) electrons. The average Bonchev–Trinajstić information content (AvgIpc) is 3.89. The molecule has 0 aliphatic heterocycles. The first-order valence-corrected chi connectivity index (χ1v) is 17.8. The van der Waals surface area contributed by atoms with Crippen molar-refractivity contribution < 1.29 is 23.8 Å². The molecular formula is C43H43N3O5. The molecule has 0 fully saturated rings. The zero-order chi connectivity index (χ0) is 35.3. The quantitative estimate of drug-likeness (QED) is 0.0548. The van der Waals surface area contributed by atoms with Gasteiger partial charge in [0, 0.05) is 11.5 Å². The molecule has 8 heteroatoms. The fourth-order valence-electron chi connectivity index (χ4n) is 5.82. The van der Waals surface area contributed by atoms with Crippen LogP contribution in [0.15, 0.2) is 128 Å². The summed E-state index contributed by atoms with van der Waals surface area (Å²) in [6.45, 7) is 2.97. The van der Waals surface area contributed by atoms with E-state index < -0.39 is 11.9 Å². The monoisotopic (exact) mass is 681 g/mol. The molecule has 0 amide bonds. The van der Waals surface area contributed by atoms with Crippen molar-refractivity contribution in [2.75, 3.05) is 6.61 Å². The van der Waals surface area contributed by atoms with Crippen LogP contribution in [0.2, 0.25) is 0 Å². The van der Waals surface area contributed by atoms with E-state index in [-0.39, 0.29) is 5.92 Å². The Morgan fingerprint density at radius 1 is 0.627 bits per heavy atom. The topological polar surface area (TPSA) is 92.5 Å². The van der Waals surface area contributed by atoms with Crippen molar-refractivity contribution in [2.24, 2.45) is 0 Å². The van der Waals surface area contributed by atoms with Crippen LogP contribution in [-0.4, -0.2) is 33.5 Å². The second kappa shape index (κ2) is 17.8. The minimum Gasteiger partial charge on any atom is -0.494 e. The summed E-state index contributed by atoms with van der Waals surface area (Å²) in [6, 6.07) is 28.6. The number of ether oxygens (including phenoxy) is 3. The summed E-state index contributed by atoms with van der Waals surface area (Å²) in [7, 11) is 0. The number of hydrogen-bond donors (Lipinski definition) is 0. The molecule has 0 bridgehead atoms. The number of unbranched alkanes of at least 4 members (excludes halogenated alkanes) is 7. The number of benzene rings is 4. The molecule has 1 aliphatic carbocycles. The van der Waals surface area contributed by atoms with Gasteiger partial charge in [0.25, 0.3) is 0 Å². The van der Waals surface area contributed by atoms with E-state index in [4.69, 9.17) is 14.2 Å². The fourth-order valence-corrected chi connectivity index (χ4v) is 5.82. The summed E-state index contributed by atoms with van der Waals surface area (Å²) in [6.07, 6.45) is 20.2. The van der Waals surface area contributed by atoms with E-state index in [1.165, 1.54) is 44.9 Å². The molecule has 4 aromatic carbocycles. The van der Waals surface area contributed by atoms with Gasteiger partial charge in [-0.25, -0.2) is 14.3 Å². The molecule has 0 N–H and O–H groups in total. The SMILES string of the molecule is CCCCCCCCCCOc1ccc(-n2cc(-c3ccc(C(=O)Oc4ccc(OC(=O)c5ccc(C6C=CC=C6)cc5)cc4)cc3)nn2)cc1. The van der Waals surface area contributed by atoms with Crippen molar-refractivity contribution in [2.45, 2.75) is 64.2 Å². The number of aromatic nitrogens is 3. The molecule has 1 aromatic heterocycles. The second-order valence-corrected chi connectivity index (χ2v) is 12.6. The molecule has 1 aliphatic rings. The molecule has 5 aromatic rings. The third kappa shape index (κ3) is 9.91. The van der Waals surface area contributed by atoms with Gasteiger partial charge in [0.05, 0.1) is 29.6 Å². The molecular weight excluding hydrogens is 638 g/mol. The van der Waals surface area contributed by atoms with Gasteiger partial charge in [-0.05, 0) is 84.8 Å². The third-order valence-electron chi connectivity index (χ3n) is 8.80. The first-order valence-electron chi connectivity index (χ1n) is 17.8. The third-order valence-corrected chi connectivity index (χ3v) is 8.80. The van der Waals surface area contributed by atoms with Crippen LogP contribution in [0, 0.1) is 0 Å². The normalized spacial score (nSPS) is 12.3. The Labute approximate surface area is 299 Å². The van der Waals surface area contributed by atoms with Gasteiger partial charge in [0.15, 0.2) is 0 Å². The highest BCUT2D eigenvalue weighted by atomic mass is 16.5. The Bertz CT molecular complexity index is 1910. The van der Waals surface area contributed by atoms with Gasteiger partial charge in [-0.1, -0.05) is 106 Å². The maximum atomic E-state index is 12.8. The molecule has 260 valence electrons. The Balaban J connectivity index is 0.948. The van der Waals surface area contributed by atoms with Crippen molar-refractivity contribution >= 4 is 11.9 Å². The standard InChI is InChI=1S/C43H43N3O5/c1-2-3-4-5-6-7-8-11-30-49-38-24-22-37(23-25-38)46-31-41(44-45-46)34-16-20-36(21-17-34)43(48)51-40-28-26-39(27-29-40)50-42(47)35-18-14-33(15-19-35)32-12-9-10-13-32/h9-10,12-29,31-32H,2-8,11,30H2,1H3. The summed E-state index contributed by atoms with van der Waals surface area (Å²) >= 11 is 0. The largest absolute Gasteiger partial charge is 0.494 e. The van der Waals surface area contributed by atoms with E-state index in [9.17, 15) is 9.59 Å². The van der Waals surface area contributed by atoms with Crippen LogP contribution in [0.3, 0.4) is 0 Å². The maximum Gasteiger partial charge on any atom is 0.343 e. The van der Waals surface area contributed by atoms with Gasteiger partial charge >= 0.3 is 11.9 Å². The van der Waals surface area contributed by atoms with Gasteiger partial charge < -0.3 is 14.2 Å². The predicted molar refractivity (Wildman–Crippen MR) is 199 cm³/mol. The highest BCUT2D eigenvalue weighted by Crippen LogP contribution is 2.25. The molecule has 0 unspecified atom stereocenters. The van der Waals surface area contributed by atoms with E-state index in [1.807, 2.05) is 66.9 Å². The fraction of sp³-hybridized carbons (Fsp3) is 0.256. The Kier molecular flexibility index (Phi) is 12.2. The molecule has 6 rings (SSSR count). The van der Waals surface area contributed by atoms with Crippen LogP contribution in [0.5, 0.6) is 17.2 Å². The smallest absolute Gasteiger partial charge is 0.343 e. The zero-order valence-corrected chi connectivity index (χ0v) is 28.9. The lowest BCUT2D eigenvalue weighted by atomic mass is 10.00. The van der Waals surface area contributed by atoms with Crippen molar-refractivity contribution in [3.8, 4) is 34.2 Å². The van der Waals surface area contributed by atoms with Gasteiger partial charge in [0.1, 0.15) is 22.9 Å². The number of nitrogens with zero attached hydrogens (tertiary/aromatic N) is 3.